The largest absolute Gasteiger partial charge is 0.390 e. The molecule has 19 heavy (non-hydrogen) atoms. The van der Waals surface area contributed by atoms with Gasteiger partial charge in [-0.3, -0.25) is 0 Å². The smallest absolute Gasteiger partial charge is 0.0690 e. The van der Waals surface area contributed by atoms with Crippen LogP contribution in [0.5, 0.6) is 0 Å². The molecule has 1 fully saturated rings. The maximum Gasteiger partial charge on any atom is 0.0690 e. The van der Waals surface area contributed by atoms with Gasteiger partial charge in [-0.05, 0) is 41.7 Å². The Hall–Kier alpha value is -0.820. The van der Waals surface area contributed by atoms with Gasteiger partial charge in [0.05, 0.1) is 5.60 Å². The predicted molar refractivity (Wildman–Crippen MR) is 81.4 cm³/mol. The van der Waals surface area contributed by atoms with Crippen molar-refractivity contribution in [1.29, 1.82) is 0 Å². The maximum absolute atomic E-state index is 10.7. The Labute approximate surface area is 118 Å². The van der Waals surface area contributed by atoms with Gasteiger partial charge in [-0.2, -0.15) is 0 Å². The molecular weight excluding hydrogens is 232 g/mol. The molecule has 0 radical (unpaired) electrons. The van der Waals surface area contributed by atoms with Crippen LogP contribution in [0, 0.1) is 5.92 Å². The first-order valence-electron chi connectivity index (χ1n) is 7.64. The minimum atomic E-state index is -0.454. The number of aliphatic hydroxyl groups is 1. The van der Waals surface area contributed by atoms with Crippen molar-refractivity contribution in [3.8, 4) is 0 Å². The van der Waals surface area contributed by atoms with Gasteiger partial charge in [-0.25, -0.2) is 0 Å². The summed E-state index contributed by atoms with van der Waals surface area (Å²) >= 11 is 0. The fraction of sp³-hybridized carbons (Fsp3) is 0.667. The summed E-state index contributed by atoms with van der Waals surface area (Å²) in [4.78, 5) is 0. The van der Waals surface area contributed by atoms with Gasteiger partial charge in [0.1, 0.15) is 0 Å². The zero-order chi connectivity index (χ0) is 14.1. The molecule has 1 saturated carbocycles. The first-order chi connectivity index (χ1) is 8.82. The van der Waals surface area contributed by atoms with Crippen LogP contribution in [0.2, 0.25) is 0 Å². The van der Waals surface area contributed by atoms with Crippen LogP contribution in [0.1, 0.15) is 64.5 Å². The SMILES string of the molecule is CCC1CCC(O)(Cc2ccc(C(C)(C)C)cc2)C1. The number of benzene rings is 1. The van der Waals surface area contributed by atoms with Crippen LogP contribution < -0.4 is 0 Å². The van der Waals surface area contributed by atoms with Gasteiger partial charge < -0.3 is 5.11 Å². The molecule has 0 aliphatic heterocycles. The summed E-state index contributed by atoms with van der Waals surface area (Å²) in [5.74, 6) is 0.721. The normalized spacial score (nSPS) is 27.7. The van der Waals surface area contributed by atoms with Gasteiger partial charge in [-0.1, -0.05) is 58.4 Å². The Balaban J connectivity index is 2.04. The first-order valence-corrected chi connectivity index (χ1v) is 7.64. The molecule has 0 heterocycles. The van der Waals surface area contributed by atoms with E-state index in [0.29, 0.717) is 0 Å². The Morgan fingerprint density at radius 3 is 2.32 bits per heavy atom. The lowest BCUT2D eigenvalue weighted by Crippen LogP contribution is -2.27. The van der Waals surface area contributed by atoms with Crippen LogP contribution in [-0.2, 0) is 11.8 Å². The molecule has 1 heteroatoms. The highest BCUT2D eigenvalue weighted by molar-refractivity contribution is 5.28. The standard InChI is InChI=1S/C18H28O/c1-5-14-10-11-18(19,12-14)13-15-6-8-16(9-7-15)17(2,3)4/h6-9,14,19H,5,10-13H2,1-4H3. The number of hydrogen-bond donors (Lipinski definition) is 1. The average molecular weight is 260 g/mol. The molecule has 1 aromatic rings. The van der Waals surface area contributed by atoms with E-state index in [1.807, 2.05) is 0 Å². The molecule has 2 atom stereocenters. The van der Waals surface area contributed by atoms with Gasteiger partial charge in [-0.15, -0.1) is 0 Å². The lowest BCUT2D eigenvalue weighted by atomic mass is 9.85. The van der Waals surface area contributed by atoms with Gasteiger partial charge in [0, 0.05) is 6.42 Å². The highest BCUT2D eigenvalue weighted by Crippen LogP contribution is 2.38. The van der Waals surface area contributed by atoms with Crippen LogP contribution in [0.3, 0.4) is 0 Å². The van der Waals surface area contributed by atoms with Crippen LogP contribution in [0.4, 0.5) is 0 Å². The van der Waals surface area contributed by atoms with Crippen molar-refractivity contribution in [1.82, 2.24) is 0 Å². The van der Waals surface area contributed by atoms with Gasteiger partial charge in [0.15, 0.2) is 0 Å². The second-order valence-corrected chi connectivity index (χ2v) is 7.37. The fourth-order valence-corrected chi connectivity index (χ4v) is 3.23. The summed E-state index contributed by atoms with van der Waals surface area (Å²) in [7, 11) is 0. The summed E-state index contributed by atoms with van der Waals surface area (Å²) in [6.45, 7) is 8.93. The van der Waals surface area contributed by atoms with E-state index in [1.54, 1.807) is 0 Å². The lowest BCUT2D eigenvalue weighted by molar-refractivity contribution is 0.0437. The summed E-state index contributed by atoms with van der Waals surface area (Å²) in [5, 5.41) is 10.7. The van der Waals surface area contributed by atoms with Crippen molar-refractivity contribution in [3.63, 3.8) is 0 Å². The Morgan fingerprint density at radius 1 is 1.21 bits per heavy atom. The topological polar surface area (TPSA) is 20.2 Å². The summed E-state index contributed by atoms with van der Waals surface area (Å²) in [6.07, 6.45) is 5.14. The van der Waals surface area contributed by atoms with Gasteiger partial charge in [0.2, 0.25) is 0 Å². The Bertz CT molecular complexity index is 412. The van der Waals surface area contributed by atoms with Crippen LogP contribution in [-0.4, -0.2) is 10.7 Å². The summed E-state index contributed by atoms with van der Waals surface area (Å²) in [6, 6.07) is 8.81. The van der Waals surface area contributed by atoms with E-state index in [1.165, 1.54) is 24.0 Å². The van der Waals surface area contributed by atoms with E-state index in [-0.39, 0.29) is 5.41 Å². The van der Waals surface area contributed by atoms with Crippen molar-refractivity contribution in [3.05, 3.63) is 35.4 Å². The maximum atomic E-state index is 10.7. The minimum Gasteiger partial charge on any atom is -0.390 e. The Kier molecular flexibility index (Phi) is 4.06. The third kappa shape index (κ3) is 3.60. The molecule has 2 unspecified atom stereocenters. The molecule has 2 rings (SSSR count). The van der Waals surface area contributed by atoms with E-state index in [9.17, 15) is 5.11 Å². The molecule has 0 aromatic heterocycles. The van der Waals surface area contributed by atoms with E-state index >= 15 is 0 Å². The third-order valence-electron chi connectivity index (χ3n) is 4.62. The molecule has 1 nitrogen and oxygen atoms in total. The molecule has 0 bridgehead atoms. The van der Waals surface area contributed by atoms with Gasteiger partial charge in [0.25, 0.3) is 0 Å². The molecule has 0 spiro atoms. The van der Waals surface area contributed by atoms with Crippen molar-refractivity contribution < 1.29 is 5.11 Å². The predicted octanol–water partition coefficient (Wildman–Crippen LogP) is 4.47. The van der Waals surface area contributed by atoms with Crippen molar-refractivity contribution in [2.24, 2.45) is 5.92 Å². The molecule has 1 aromatic carbocycles. The average Bonchev–Trinajstić information content (AvgIpc) is 2.70. The van der Waals surface area contributed by atoms with Crippen molar-refractivity contribution >= 4 is 0 Å². The lowest BCUT2D eigenvalue weighted by Gasteiger charge is -2.24. The van der Waals surface area contributed by atoms with Crippen molar-refractivity contribution in [2.45, 2.75) is 70.8 Å². The van der Waals surface area contributed by atoms with E-state index < -0.39 is 5.60 Å². The molecule has 0 saturated heterocycles. The molecule has 1 N–H and O–H groups in total. The second kappa shape index (κ2) is 5.28. The zero-order valence-corrected chi connectivity index (χ0v) is 12.9. The van der Waals surface area contributed by atoms with E-state index in [2.05, 4.69) is 52.0 Å². The molecule has 0 amide bonds. The highest BCUT2D eigenvalue weighted by atomic mass is 16.3. The zero-order valence-electron chi connectivity index (χ0n) is 12.9. The summed E-state index contributed by atoms with van der Waals surface area (Å²) < 4.78 is 0. The highest BCUT2D eigenvalue weighted by Gasteiger charge is 2.36. The first kappa shape index (κ1) is 14.6. The van der Waals surface area contributed by atoms with Gasteiger partial charge >= 0.3 is 0 Å². The van der Waals surface area contributed by atoms with Crippen LogP contribution in [0.15, 0.2) is 24.3 Å². The summed E-state index contributed by atoms with van der Waals surface area (Å²) in [5.41, 5.74) is 2.38. The molecule has 1 aliphatic carbocycles. The van der Waals surface area contributed by atoms with Crippen molar-refractivity contribution in [2.75, 3.05) is 0 Å². The quantitative estimate of drug-likeness (QED) is 0.850. The molecule has 1 aliphatic rings. The number of hydrogen-bond acceptors (Lipinski definition) is 1. The molecule has 106 valence electrons. The van der Waals surface area contributed by atoms with E-state index in [0.717, 1.165) is 25.2 Å². The second-order valence-electron chi connectivity index (χ2n) is 7.37. The van der Waals surface area contributed by atoms with E-state index in [4.69, 9.17) is 0 Å². The minimum absolute atomic E-state index is 0.204. The Morgan fingerprint density at radius 2 is 1.84 bits per heavy atom. The molecular formula is C18H28O. The fourth-order valence-electron chi connectivity index (χ4n) is 3.23. The third-order valence-corrected chi connectivity index (χ3v) is 4.62. The number of rotatable bonds is 3. The van der Waals surface area contributed by atoms with Crippen LogP contribution in [0.25, 0.3) is 0 Å². The monoisotopic (exact) mass is 260 g/mol. The van der Waals surface area contributed by atoms with Crippen LogP contribution >= 0.6 is 0 Å².